The van der Waals surface area contributed by atoms with Gasteiger partial charge in [-0.15, -0.1) is 0 Å². The fourth-order valence-electron chi connectivity index (χ4n) is 1.70. The number of nitrogens with zero attached hydrogens (tertiary/aromatic N) is 4. The van der Waals surface area contributed by atoms with Gasteiger partial charge in [0.15, 0.2) is 0 Å². The van der Waals surface area contributed by atoms with Gasteiger partial charge in [0, 0.05) is 13.5 Å². The van der Waals surface area contributed by atoms with Gasteiger partial charge >= 0.3 is 0 Å². The van der Waals surface area contributed by atoms with E-state index in [2.05, 4.69) is 36.4 Å². The Kier molecular flexibility index (Phi) is 3.58. The molecule has 7 heteroatoms. The molecule has 0 fully saturated rings. The smallest absolute Gasteiger partial charge is 0.111 e. The molecule has 0 aliphatic rings. The summed E-state index contributed by atoms with van der Waals surface area (Å²) >= 11 is 3.52. The van der Waals surface area contributed by atoms with E-state index < -0.39 is 6.10 Å². The molecule has 0 aliphatic carbocycles. The van der Waals surface area contributed by atoms with Gasteiger partial charge in [0.1, 0.15) is 11.8 Å². The average molecular weight is 300 g/mol. The number of hydrogen-bond acceptors (Lipinski definition) is 4. The fraction of sp³-hybridized carbons (Fsp3) is 0.500. The molecule has 92 valence electrons. The Labute approximate surface area is 107 Å². The quantitative estimate of drug-likeness (QED) is 0.887. The first-order valence-electron chi connectivity index (χ1n) is 5.37. The Balaban J connectivity index is 2.21. The highest BCUT2D eigenvalue weighted by atomic mass is 79.9. The molecule has 2 N–H and O–H groups in total. The lowest BCUT2D eigenvalue weighted by Crippen LogP contribution is -2.07. The van der Waals surface area contributed by atoms with Crippen molar-refractivity contribution in [2.75, 3.05) is 0 Å². The van der Waals surface area contributed by atoms with Crippen molar-refractivity contribution >= 4 is 15.9 Å². The van der Waals surface area contributed by atoms with Crippen LogP contribution in [0.15, 0.2) is 10.7 Å². The second-order valence-corrected chi connectivity index (χ2v) is 4.59. The van der Waals surface area contributed by atoms with Crippen molar-refractivity contribution < 1.29 is 5.11 Å². The molecular weight excluding hydrogens is 286 g/mol. The summed E-state index contributed by atoms with van der Waals surface area (Å²) in [5.74, 6) is 0. The summed E-state index contributed by atoms with van der Waals surface area (Å²) in [6.45, 7) is 2.05. The Morgan fingerprint density at radius 3 is 2.88 bits per heavy atom. The standard InChI is InChI=1S/C10H14BrN5O/c1-3-6-10(11)8(16(2)14-6)4-9(17)7-5-12-15-13-7/h5,9,17H,3-4H2,1-2H3,(H,12,13,15). The number of halogens is 1. The van der Waals surface area contributed by atoms with Crippen LogP contribution in [0.1, 0.15) is 30.1 Å². The molecule has 0 aromatic carbocycles. The number of aliphatic hydroxyl groups is 1. The first-order chi connectivity index (χ1) is 8.13. The van der Waals surface area contributed by atoms with Crippen LogP contribution in [0.4, 0.5) is 0 Å². The predicted molar refractivity (Wildman–Crippen MR) is 65.3 cm³/mol. The number of aromatic nitrogens is 5. The summed E-state index contributed by atoms with van der Waals surface area (Å²) in [6.07, 6.45) is 2.16. The largest absolute Gasteiger partial charge is 0.386 e. The van der Waals surface area contributed by atoms with Crippen LogP contribution < -0.4 is 0 Å². The number of hydrogen-bond donors (Lipinski definition) is 2. The second-order valence-electron chi connectivity index (χ2n) is 3.80. The fourth-order valence-corrected chi connectivity index (χ4v) is 2.48. The summed E-state index contributed by atoms with van der Waals surface area (Å²) in [6, 6.07) is 0. The molecule has 0 saturated heterocycles. The van der Waals surface area contributed by atoms with Gasteiger partial charge in [-0.1, -0.05) is 6.92 Å². The van der Waals surface area contributed by atoms with E-state index in [4.69, 9.17) is 0 Å². The van der Waals surface area contributed by atoms with Crippen LogP contribution in [0.3, 0.4) is 0 Å². The third kappa shape index (κ3) is 2.39. The van der Waals surface area contributed by atoms with Crippen LogP contribution >= 0.6 is 15.9 Å². The van der Waals surface area contributed by atoms with E-state index in [-0.39, 0.29) is 0 Å². The van der Waals surface area contributed by atoms with Gasteiger partial charge in [-0.05, 0) is 22.4 Å². The van der Waals surface area contributed by atoms with Gasteiger partial charge in [-0.2, -0.15) is 20.5 Å². The average Bonchev–Trinajstić information content (AvgIpc) is 2.92. The van der Waals surface area contributed by atoms with Gasteiger partial charge in [0.2, 0.25) is 0 Å². The van der Waals surface area contributed by atoms with Crippen LogP contribution in [0.5, 0.6) is 0 Å². The molecule has 0 spiro atoms. The number of H-pyrrole nitrogens is 1. The van der Waals surface area contributed by atoms with Gasteiger partial charge in [-0.25, -0.2) is 0 Å². The van der Waals surface area contributed by atoms with E-state index in [1.807, 2.05) is 14.0 Å². The monoisotopic (exact) mass is 299 g/mol. The number of rotatable bonds is 4. The minimum atomic E-state index is -0.676. The van der Waals surface area contributed by atoms with Crippen molar-refractivity contribution in [3.63, 3.8) is 0 Å². The van der Waals surface area contributed by atoms with Gasteiger partial charge in [0.25, 0.3) is 0 Å². The minimum Gasteiger partial charge on any atom is -0.386 e. The molecule has 0 saturated carbocycles. The van der Waals surface area contributed by atoms with Crippen LogP contribution in [0.25, 0.3) is 0 Å². The zero-order chi connectivity index (χ0) is 12.4. The first-order valence-corrected chi connectivity index (χ1v) is 6.16. The third-order valence-corrected chi connectivity index (χ3v) is 3.58. The lowest BCUT2D eigenvalue weighted by molar-refractivity contribution is 0.170. The highest BCUT2D eigenvalue weighted by Gasteiger charge is 2.18. The van der Waals surface area contributed by atoms with Crippen molar-refractivity contribution in [3.05, 3.63) is 27.8 Å². The topological polar surface area (TPSA) is 79.6 Å². The van der Waals surface area contributed by atoms with E-state index in [1.54, 1.807) is 4.68 Å². The molecule has 0 radical (unpaired) electrons. The van der Waals surface area contributed by atoms with Crippen molar-refractivity contribution in [3.8, 4) is 0 Å². The van der Waals surface area contributed by atoms with E-state index in [1.165, 1.54) is 6.20 Å². The number of nitrogens with one attached hydrogen (secondary N) is 1. The summed E-state index contributed by atoms with van der Waals surface area (Å²) in [7, 11) is 1.87. The zero-order valence-corrected chi connectivity index (χ0v) is 11.3. The van der Waals surface area contributed by atoms with Crippen LogP contribution in [0, 0.1) is 0 Å². The number of aryl methyl sites for hydroxylation is 2. The molecule has 6 nitrogen and oxygen atoms in total. The zero-order valence-electron chi connectivity index (χ0n) is 9.68. The maximum Gasteiger partial charge on any atom is 0.111 e. The van der Waals surface area contributed by atoms with Crippen molar-refractivity contribution in [2.24, 2.45) is 7.05 Å². The van der Waals surface area contributed by atoms with Crippen LogP contribution in [-0.2, 0) is 19.9 Å². The molecule has 0 aliphatic heterocycles. The Morgan fingerprint density at radius 2 is 2.35 bits per heavy atom. The van der Waals surface area contributed by atoms with E-state index in [0.717, 1.165) is 22.3 Å². The molecule has 2 aromatic heterocycles. The minimum absolute atomic E-state index is 0.455. The van der Waals surface area contributed by atoms with Crippen LogP contribution in [-0.4, -0.2) is 30.3 Å². The number of aliphatic hydroxyl groups excluding tert-OH is 1. The SMILES string of the molecule is CCc1nn(C)c(CC(O)c2cn[nH]n2)c1Br. The highest BCUT2D eigenvalue weighted by Crippen LogP contribution is 2.25. The lowest BCUT2D eigenvalue weighted by atomic mass is 10.1. The van der Waals surface area contributed by atoms with Crippen LogP contribution in [0.2, 0.25) is 0 Å². The summed E-state index contributed by atoms with van der Waals surface area (Å²) in [5.41, 5.74) is 2.49. The second kappa shape index (κ2) is 4.97. The third-order valence-electron chi connectivity index (χ3n) is 2.66. The molecule has 2 aromatic rings. The van der Waals surface area contributed by atoms with Gasteiger partial charge < -0.3 is 5.11 Å². The normalized spacial score (nSPS) is 12.9. The molecule has 1 unspecified atom stereocenters. The molecule has 0 amide bonds. The number of aromatic amines is 1. The molecule has 2 rings (SSSR count). The summed E-state index contributed by atoms with van der Waals surface area (Å²) in [5, 5.41) is 24.4. The summed E-state index contributed by atoms with van der Waals surface area (Å²) < 4.78 is 2.75. The molecular formula is C10H14BrN5O. The first kappa shape index (κ1) is 12.3. The van der Waals surface area contributed by atoms with Gasteiger partial charge in [0.05, 0.1) is 22.1 Å². The van der Waals surface area contributed by atoms with E-state index in [9.17, 15) is 5.11 Å². The molecule has 2 heterocycles. The maximum absolute atomic E-state index is 10.0. The highest BCUT2D eigenvalue weighted by molar-refractivity contribution is 9.10. The Bertz CT molecular complexity index is 493. The van der Waals surface area contributed by atoms with E-state index >= 15 is 0 Å². The van der Waals surface area contributed by atoms with Crippen molar-refractivity contribution in [2.45, 2.75) is 25.9 Å². The maximum atomic E-state index is 10.0. The lowest BCUT2D eigenvalue weighted by Gasteiger charge is -2.07. The van der Waals surface area contributed by atoms with E-state index in [0.29, 0.717) is 12.1 Å². The molecule has 1 atom stereocenters. The Morgan fingerprint density at radius 1 is 1.59 bits per heavy atom. The molecule has 17 heavy (non-hydrogen) atoms. The summed E-state index contributed by atoms with van der Waals surface area (Å²) in [4.78, 5) is 0. The molecule has 0 bridgehead atoms. The predicted octanol–water partition coefficient (Wildman–Crippen LogP) is 1.14. The van der Waals surface area contributed by atoms with Crippen molar-refractivity contribution in [1.29, 1.82) is 0 Å². The Hall–Kier alpha value is -1.21. The van der Waals surface area contributed by atoms with Crippen molar-refractivity contribution in [1.82, 2.24) is 25.2 Å². The van der Waals surface area contributed by atoms with Gasteiger partial charge in [-0.3, -0.25) is 4.68 Å².